The van der Waals surface area contributed by atoms with Crippen LogP contribution in [0.4, 0.5) is 13.2 Å². The molecular weight excluding hydrogens is 297 g/mol. The second-order valence-electron chi connectivity index (χ2n) is 4.51. The topological polar surface area (TPSA) is 62.8 Å². The maximum absolute atomic E-state index is 12.7. The van der Waals surface area contributed by atoms with Gasteiger partial charge in [0.2, 0.25) is 5.62 Å². The Hall–Kier alpha value is -2.64. The molecule has 2 rings (SSSR count). The highest BCUT2D eigenvalue weighted by Gasteiger charge is 2.32. The molecule has 0 aliphatic carbocycles. The lowest BCUT2D eigenvalue weighted by Crippen LogP contribution is -2.21. The van der Waals surface area contributed by atoms with E-state index in [9.17, 15) is 18.3 Å². The molecule has 0 fully saturated rings. The van der Waals surface area contributed by atoms with Crippen LogP contribution in [-0.2, 0) is 6.18 Å². The average Bonchev–Trinajstić information content (AvgIpc) is 2.45. The zero-order valence-electron chi connectivity index (χ0n) is 11.9. The predicted octanol–water partition coefficient (Wildman–Crippen LogP) is 2.58. The summed E-state index contributed by atoms with van der Waals surface area (Å²) in [6, 6.07) is 3.16. The van der Waals surface area contributed by atoms with Gasteiger partial charge in [-0.1, -0.05) is 0 Å². The number of hydrogen-bond acceptors (Lipinski definition) is 4. The number of aromatic hydroxyl groups is 1. The lowest BCUT2D eigenvalue weighted by atomic mass is 10.0. The summed E-state index contributed by atoms with van der Waals surface area (Å²) in [4.78, 5) is 8.07. The standard InChI is InChI=1S/C14H13F3N4O/c1-8-6-9(14(15,16)17)7-11(22)12(8)10-4-5-21(19-3)13(18-2)20-10/h4-7,22H,3H2,1-2H3. The third kappa shape index (κ3) is 2.85. The molecule has 0 amide bonds. The highest BCUT2D eigenvalue weighted by molar-refractivity contribution is 5.71. The average molecular weight is 310 g/mol. The molecule has 0 saturated carbocycles. The molecule has 0 saturated heterocycles. The Kier molecular flexibility index (Phi) is 4.03. The van der Waals surface area contributed by atoms with E-state index in [1.54, 1.807) is 0 Å². The Morgan fingerprint density at radius 1 is 1.32 bits per heavy atom. The molecule has 22 heavy (non-hydrogen) atoms. The lowest BCUT2D eigenvalue weighted by molar-refractivity contribution is -0.137. The summed E-state index contributed by atoms with van der Waals surface area (Å²) >= 11 is 0. The summed E-state index contributed by atoms with van der Waals surface area (Å²) in [5.74, 6) is -0.494. The number of benzene rings is 1. The largest absolute Gasteiger partial charge is 0.507 e. The summed E-state index contributed by atoms with van der Waals surface area (Å²) in [7, 11) is 1.49. The van der Waals surface area contributed by atoms with Crippen molar-refractivity contribution in [2.24, 2.45) is 10.1 Å². The Morgan fingerprint density at radius 3 is 2.50 bits per heavy atom. The fourth-order valence-corrected chi connectivity index (χ4v) is 2.07. The van der Waals surface area contributed by atoms with Crippen molar-refractivity contribution in [2.45, 2.75) is 13.1 Å². The van der Waals surface area contributed by atoms with Crippen LogP contribution in [0.5, 0.6) is 5.75 Å². The van der Waals surface area contributed by atoms with Gasteiger partial charge in [0, 0.05) is 25.5 Å². The first-order chi connectivity index (χ1) is 10.3. The zero-order valence-corrected chi connectivity index (χ0v) is 11.9. The second-order valence-corrected chi connectivity index (χ2v) is 4.51. The van der Waals surface area contributed by atoms with Gasteiger partial charge in [-0.2, -0.15) is 18.3 Å². The number of halogens is 3. The molecule has 0 aliphatic heterocycles. The molecule has 0 radical (unpaired) electrons. The van der Waals surface area contributed by atoms with Gasteiger partial charge >= 0.3 is 6.18 Å². The van der Waals surface area contributed by atoms with E-state index < -0.39 is 17.5 Å². The molecule has 0 bridgehead atoms. The van der Waals surface area contributed by atoms with E-state index in [2.05, 4.69) is 21.8 Å². The Balaban J connectivity index is 2.66. The molecule has 0 unspecified atom stereocenters. The molecule has 5 nitrogen and oxygen atoms in total. The van der Waals surface area contributed by atoms with Crippen molar-refractivity contribution >= 4 is 6.72 Å². The van der Waals surface area contributed by atoms with Gasteiger partial charge in [-0.3, -0.25) is 4.99 Å². The number of aryl methyl sites for hydroxylation is 1. The maximum Gasteiger partial charge on any atom is 0.416 e. The molecule has 0 atom stereocenters. The molecular formula is C14H13F3N4O. The molecule has 1 N–H and O–H groups in total. The molecule has 1 aromatic heterocycles. The molecule has 1 aromatic carbocycles. The Labute approximate surface area is 124 Å². The SMILES string of the molecule is C=Nn1ccc(-c2c(C)cc(C(F)(F)F)cc2O)nc1=NC. The van der Waals surface area contributed by atoms with Gasteiger partial charge in [-0.15, -0.1) is 0 Å². The third-order valence-electron chi connectivity index (χ3n) is 3.05. The van der Waals surface area contributed by atoms with E-state index in [0.29, 0.717) is 11.8 Å². The van der Waals surface area contributed by atoms with E-state index in [1.807, 2.05) is 0 Å². The van der Waals surface area contributed by atoms with Crippen LogP contribution < -0.4 is 5.62 Å². The monoisotopic (exact) mass is 310 g/mol. The summed E-state index contributed by atoms with van der Waals surface area (Å²) in [6.45, 7) is 4.83. The summed E-state index contributed by atoms with van der Waals surface area (Å²) in [6.07, 6.45) is -3.02. The fourth-order valence-electron chi connectivity index (χ4n) is 2.07. The summed E-state index contributed by atoms with van der Waals surface area (Å²) < 4.78 is 39.5. The quantitative estimate of drug-likeness (QED) is 0.867. The van der Waals surface area contributed by atoms with E-state index >= 15 is 0 Å². The first kappa shape index (κ1) is 15.7. The van der Waals surface area contributed by atoms with Gasteiger partial charge in [0.1, 0.15) is 5.75 Å². The van der Waals surface area contributed by atoms with E-state index in [0.717, 1.165) is 6.07 Å². The molecule has 1 heterocycles. The second kappa shape index (κ2) is 5.63. The number of rotatable bonds is 2. The maximum atomic E-state index is 12.7. The first-order valence-electron chi connectivity index (χ1n) is 6.18. The first-order valence-corrected chi connectivity index (χ1v) is 6.18. The van der Waals surface area contributed by atoms with Crippen LogP contribution in [0.1, 0.15) is 11.1 Å². The zero-order chi connectivity index (χ0) is 16.5. The summed E-state index contributed by atoms with van der Waals surface area (Å²) in [5, 5.41) is 13.6. The van der Waals surface area contributed by atoms with Gasteiger partial charge in [0.25, 0.3) is 0 Å². The third-order valence-corrected chi connectivity index (χ3v) is 3.05. The lowest BCUT2D eigenvalue weighted by Gasteiger charge is -2.13. The van der Waals surface area contributed by atoms with Crippen LogP contribution in [0.3, 0.4) is 0 Å². The number of phenolic OH excluding ortho intramolecular Hbond substituents is 1. The van der Waals surface area contributed by atoms with E-state index in [1.165, 1.54) is 30.9 Å². The Bertz CT molecular complexity index is 770. The van der Waals surface area contributed by atoms with Crippen molar-refractivity contribution in [1.82, 2.24) is 9.66 Å². The van der Waals surface area contributed by atoms with Crippen LogP contribution in [-0.4, -0.2) is 28.5 Å². The van der Waals surface area contributed by atoms with Crippen LogP contribution in [0, 0.1) is 6.92 Å². The van der Waals surface area contributed by atoms with Gasteiger partial charge in [-0.05, 0) is 30.7 Å². The highest BCUT2D eigenvalue weighted by atomic mass is 19.4. The minimum Gasteiger partial charge on any atom is -0.507 e. The van der Waals surface area contributed by atoms with Crippen molar-refractivity contribution in [2.75, 3.05) is 7.05 Å². The number of phenols is 1. The molecule has 2 aromatic rings. The van der Waals surface area contributed by atoms with Crippen LogP contribution in [0.25, 0.3) is 11.3 Å². The van der Waals surface area contributed by atoms with Crippen molar-refractivity contribution in [3.05, 3.63) is 41.1 Å². The van der Waals surface area contributed by atoms with Crippen molar-refractivity contribution in [3.8, 4) is 17.0 Å². The van der Waals surface area contributed by atoms with E-state index in [4.69, 9.17) is 0 Å². The molecule has 8 heteroatoms. The van der Waals surface area contributed by atoms with Gasteiger partial charge in [0.15, 0.2) is 0 Å². The van der Waals surface area contributed by atoms with Gasteiger partial charge in [0.05, 0.1) is 11.3 Å². The van der Waals surface area contributed by atoms with Gasteiger partial charge in [-0.25, -0.2) is 9.66 Å². The molecule has 0 spiro atoms. The number of aromatic nitrogens is 2. The minimum atomic E-state index is -4.52. The molecule has 0 aliphatic rings. The van der Waals surface area contributed by atoms with Crippen molar-refractivity contribution < 1.29 is 18.3 Å². The number of hydrogen-bond donors (Lipinski definition) is 1. The van der Waals surface area contributed by atoms with Crippen LogP contribution in [0.15, 0.2) is 34.5 Å². The normalized spacial score (nSPS) is 12.5. The minimum absolute atomic E-state index is 0.214. The summed E-state index contributed by atoms with van der Waals surface area (Å²) in [5.41, 5.74) is 0.0705. The van der Waals surface area contributed by atoms with Crippen LogP contribution >= 0.6 is 0 Å². The van der Waals surface area contributed by atoms with E-state index in [-0.39, 0.29) is 16.7 Å². The number of nitrogens with zero attached hydrogens (tertiary/aromatic N) is 4. The Morgan fingerprint density at radius 2 is 2.00 bits per heavy atom. The van der Waals surface area contributed by atoms with Crippen molar-refractivity contribution in [1.29, 1.82) is 0 Å². The van der Waals surface area contributed by atoms with Crippen LogP contribution in [0.2, 0.25) is 0 Å². The molecule has 116 valence electrons. The fraction of sp³-hybridized carbons (Fsp3) is 0.214. The van der Waals surface area contributed by atoms with Gasteiger partial charge < -0.3 is 5.11 Å². The highest BCUT2D eigenvalue weighted by Crippen LogP contribution is 2.38. The number of alkyl halides is 3. The smallest absolute Gasteiger partial charge is 0.416 e. The predicted molar refractivity (Wildman–Crippen MR) is 75.5 cm³/mol. The van der Waals surface area contributed by atoms with Crippen molar-refractivity contribution in [3.63, 3.8) is 0 Å².